The van der Waals surface area contributed by atoms with Crippen LogP contribution in [0.25, 0.3) is 0 Å². The van der Waals surface area contributed by atoms with Crippen molar-refractivity contribution in [1.29, 1.82) is 0 Å². The number of aromatic nitrogens is 2. The van der Waals surface area contributed by atoms with E-state index in [9.17, 15) is 9.59 Å². The number of rotatable bonds is 6. The number of fused-ring (bicyclic) bond motifs is 1. The highest BCUT2D eigenvalue weighted by molar-refractivity contribution is 7.12. The molecule has 0 saturated heterocycles. The average Bonchev–Trinajstić information content (AvgIpc) is 3.25. The van der Waals surface area contributed by atoms with E-state index in [0.29, 0.717) is 23.8 Å². The van der Waals surface area contributed by atoms with Gasteiger partial charge in [0.2, 0.25) is 5.91 Å². The second-order valence-electron chi connectivity index (χ2n) is 6.15. The lowest BCUT2D eigenvalue weighted by Crippen LogP contribution is -2.36. The van der Waals surface area contributed by atoms with Gasteiger partial charge in [0, 0.05) is 51.9 Å². The molecule has 3 heterocycles. The smallest absolute Gasteiger partial charge is 0.261 e. The highest BCUT2D eigenvalue weighted by Gasteiger charge is 2.22. The zero-order valence-electron chi connectivity index (χ0n) is 13.8. The molecule has 2 aromatic rings. The summed E-state index contributed by atoms with van der Waals surface area (Å²) in [7, 11) is 1.84. The van der Waals surface area contributed by atoms with E-state index in [2.05, 4.69) is 14.9 Å². The first-order valence-electron chi connectivity index (χ1n) is 8.19. The average molecular weight is 346 g/mol. The summed E-state index contributed by atoms with van der Waals surface area (Å²) >= 11 is 1.40. The van der Waals surface area contributed by atoms with Crippen LogP contribution < -0.4 is 5.32 Å². The van der Waals surface area contributed by atoms with E-state index in [0.717, 1.165) is 31.8 Å². The van der Waals surface area contributed by atoms with E-state index in [1.165, 1.54) is 11.3 Å². The normalized spacial score (nSPS) is 16.5. The molecule has 0 saturated carbocycles. The molecule has 1 aliphatic rings. The highest BCUT2D eigenvalue weighted by atomic mass is 32.1. The van der Waals surface area contributed by atoms with Crippen LogP contribution in [0.15, 0.2) is 29.9 Å². The van der Waals surface area contributed by atoms with Gasteiger partial charge in [-0.2, -0.15) is 0 Å². The lowest BCUT2D eigenvalue weighted by atomic mass is 9.97. The quantitative estimate of drug-likeness (QED) is 0.867. The van der Waals surface area contributed by atoms with E-state index in [4.69, 9.17) is 0 Å². The number of aryl methyl sites for hydroxylation is 1. The van der Waals surface area contributed by atoms with Gasteiger partial charge in [-0.15, -0.1) is 11.3 Å². The van der Waals surface area contributed by atoms with Crippen molar-refractivity contribution in [3.05, 3.63) is 40.6 Å². The van der Waals surface area contributed by atoms with Gasteiger partial charge in [-0.1, -0.05) is 6.07 Å². The minimum Gasteiger partial charge on any atom is -0.351 e. The number of carbonyl (C=O) groups excluding carboxylic acids is 2. The molecule has 0 radical (unpaired) electrons. The zero-order chi connectivity index (χ0) is 16.9. The van der Waals surface area contributed by atoms with Crippen LogP contribution in [-0.4, -0.2) is 46.4 Å². The summed E-state index contributed by atoms with van der Waals surface area (Å²) in [4.78, 5) is 30.9. The van der Waals surface area contributed by atoms with Crippen LogP contribution in [0.4, 0.5) is 0 Å². The molecule has 1 N–H and O–H groups in total. The van der Waals surface area contributed by atoms with E-state index >= 15 is 0 Å². The first kappa shape index (κ1) is 16.7. The van der Waals surface area contributed by atoms with E-state index < -0.39 is 0 Å². The lowest BCUT2D eigenvalue weighted by molar-refractivity contribution is -0.130. The molecule has 128 valence electrons. The molecule has 0 unspecified atom stereocenters. The Morgan fingerprint density at radius 2 is 2.38 bits per heavy atom. The van der Waals surface area contributed by atoms with Gasteiger partial charge in [0.25, 0.3) is 5.91 Å². The minimum absolute atomic E-state index is 0.0652. The predicted molar refractivity (Wildman–Crippen MR) is 92.9 cm³/mol. The summed E-state index contributed by atoms with van der Waals surface area (Å²) < 4.78 is 2.18. The Kier molecular flexibility index (Phi) is 5.30. The third-order valence-corrected chi connectivity index (χ3v) is 5.25. The van der Waals surface area contributed by atoms with E-state index in [-0.39, 0.29) is 11.8 Å². The van der Waals surface area contributed by atoms with Crippen molar-refractivity contribution in [1.82, 2.24) is 19.8 Å². The predicted octanol–water partition coefficient (Wildman–Crippen LogP) is 1.79. The molecule has 1 aliphatic heterocycles. The van der Waals surface area contributed by atoms with Crippen molar-refractivity contribution in [2.45, 2.75) is 25.8 Å². The summed E-state index contributed by atoms with van der Waals surface area (Å²) in [5.41, 5.74) is 0. The number of hydrogen-bond donors (Lipinski definition) is 1. The third-order valence-electron chi connectivity index (χ3n) is 4.38. The number of imidazole rings is 1. The minimum atomic E-state index is -0.112. The van der Waals surface area contributed by atoms with Gasteiger partial charge in [-0.05, 0) is 23.8 Å². The fourth-order valence-corrected chi connectivity index (χ4v) is 3.67. The molecule has 0 aliphatic carbocycles. The topological polar surface area (TPSA) is 67.2 Å². The van der Waals surface area contributed by atoms with Gasteiger partial charge in [-0.25, -0.2) is 4.98 Å². The summed E-state index contributed by atoms with van der Waals surface area (Å²) in [6, 6.07) is 3.62. The summed E-state index contributed by atoms with van der Waals surface area (Å²) in [5, 5.41) is 4.66. The van der Waals surface area contributed by atoms with Crippen molar-refractivity contribution >= 4 is 23.2 Å². The van der Waals surface area contributed by atoms with Crippen molar-refractivity contribution in [3.8, 4) is 0 Å². The van der Waals surface area contributed by atoms with Gasteiger partial charge < -0.3 is 14.8 Å². The molecule has 2 amide bonds. The summed E-state index contributed by atoms with van der Waals surface area (Å²) in [6.45, 7) is 2.08. The molecule has 3 rings (SSSR count). The van der Waals surface area contributed by atoms with Crippen molar-refractivity contribution in [2.24, 2.45) is 5.92 Å². The lowest BCUT2D eigenvalue weighted by Gasteiger charge is -2.28. The Hall–Kier alpha value is -2.15. The van der Waals surface area contributed by atoms with Crippen LogP contribution in [0.1, 0.15) is 28.3 Å². The van der Waals surface area contributed by atoms with Crippen LogP contribution in [-0.2, 0) is 17.8 Å². The second-order valence-corrected chi connectivity index (χ2v) is 7.10. The summed E-state index contributed by atoms with van der Waals surface area (Å²) in [6.07, 6.45) is 6.16. The van der Waals surface area contributed by atoms with Crippen LogP contribution in [0, 0.1) is 5.92 Å². The van der Waals surface area contributed by atoms with Gasteiger partial charge >= 0.3 is 0 Å². The second kappa shape index (κ2) is 7.61. The molecule has 0 aromatic carbocycles. The maximum Gasteiger partial charge on any atom is 0.261 e. The highest BCUT2D eigenvalue weighted by Crippen LogP contribution is 2.19. The van der Waals surface area contributed by atoms with Crippen LogP contribution in [0.2, 0.25) is 0 Å². The van der Waals surface area contributed by atoms with Crippen molar-refractivity contribution in [3.63, 3.8) is 0 Å². The fraction of sp³-hybridized carbons (Fsp3) is 0.471. The fourth-order valence-electron chi connectivity index (χ4n) is 3.03. The Morgan fingerprint density at radius 3 is 3.17 bits per heavy atom. The Balaban J connectivity index is 1.40. The maximum atomic E-state index is 12.2. The number of amides is 2. The number of thiophene rings is 1. The number of carbonyl (C=O) groups is 2. The van der Waals surface area contributed by atoms with E-state index in [1.54, 1.807) is 11.0 Å². The van der Waals surface area contributed by atoms with Gasteiger partial charge in [-0.3, -0.25) is 9.59 Å². The van der Waals surface area contributed by atoms with Crippen LogP contribution in [0.3, 0.4) is 0 Å². The van der Waals surface area contributed by atoms with Gasteiger partial charge in [0.15, 0.2) is 0 Å². The standard InChI is InChI=1S/C17H22N4O2S/c1-20(12-13-5-8-21-9-7-18-15(21)11-13)16(22)4-6-19-17(23)14-3-2-10-24-14/h2-3,7,9-10,13H,4-6,8,11-12H2,1H3,(H,19,23)/t13-/m1/s1. The summed E-state index contributed by atoms with van der Waals surface area (Å²) in [5.74, 6) is 1.51. The largest absolute Gasteiger partial charge is 0.351 e. The third kappa shape index (κ3) is 4.03. The molecule has 7 heteroatoms. The van der Waals surface area contributed by atoms with Crippen LogP contribution >= 0.6 is 11.3 Å². The molecule has 0 bridgehead atoms. The Bertz CT molecular complexity index is 695. The van der Waals surface area contributed by atoms with Gasteiger partial charge in [0.05, 0.1) is 4.88 Å². The maximum absolute atomic E-state index is 12.2. The Morgan fingerprint density at radius 1 is 1.50 bits per heavy atom. The number of hydrogen-bond acceptors (Lipinski definition) is 4. The van der Waals surface area contributed by atoms with Crippen LogP contribution in [0.5, 0.6) is 0 Å². The molecule has 2 aromatic heterocycles. The Labute approximate surface area is 145 Å². The first-order valence-corrected chi connectivity index (χ1v) is 9.07. The molecular formula is C17H22N4O2S. The zero-order valence-corrected chi connectivity index (χ0v) is 14.6. The molecule has 6 nitrogen and oxygen atoms in total. The SMILES string of the molecule is CN(C[C@@H]1CCn2ccnc2C1)C(=O)CCNC(=O)c1cccs1. The van der Waals surface area contributed by atoms with Gasteiger partial charge in [0.1, 0.15) is 5.82 Å². The monoisotopic (exact) mass is 346 g/mol. The first-order chi connectivity index (χ1) is 11.6. The van der Waals surface area contributed by atoms with Crippen molar-refractivity contribution in [2.75, 3.05) is 20.1 Å². The van der Waals surface area contributed by atoms with Crippen molar-refractivity contribution < 1.29 is 9.59 Å². The molecule has 0 spiro atoms. The molecule has 1 atom stereocenters. The number of nitrogens with one attached hydrogen (secondary N) is 1. The molecular weight excluding hydrogens is 324 g/mol. The molecule has 0 fully saturated rings. The molecule has 24 heavy (non-hydrogen) atoms. The van der Waals surface area contributed by atoms with E-state index in [1.807, 2.05) is 30.9 Å². The number of nitrogens with zero attached hydrogens (tertiary/aromatic N) is 3.